The molecule has 0 aromatic rings. The Morgan fingerprint density at radius 1 is 0.404 bits per heavy atom. The normalized spacial score (nSPS) is 14.5. The largest absolute Gasteiger partial charge is 0.756 e. The van der Waals surface area contributed by atoms with Gasteiger partial charge in [0.2, 0.25) is 5.91 Å². The third-order valence-corrected chi connectivity index (χ3v) is 16.7. The molecular weight excluding hydrogens is 1120 g/mol. The van der Waals surface area contributed by atoms with E-state index < -0.39 is 26.6 Å². The zero-order valence-corrected chi connectivity index (χ0v) is 59.2. The van der Waals surface area contributed by atoms with Crippen LogP contribution in [0.5, 0.6) is 0 Å². The number of unbranched alkanes of at least 4 members (excludes halogenated alkanes) is 31. The van der Waals surface area contributed by atoms with Crippen LogP contribution in [0.2, 0.25) is 0 Å². The highest BCUT2D eigenvalue weighted by Crippen LogP contribution is 2.38. The standard InChI is InChI=1S/C80H139N2O6P/c1-6-8-10-12-14-16-18-20-22-24-26-28-30-32-34-36-38-39-40-41-42-43-44-46-48-50-52-54-56-58-60-62-64-66-68-70-72-74-80(84)81-78(77-88-89(85,86)87-76-75-82(3,4)5)79(83)73-71-69-67-65-63-61-59-57-55-53-51-49-47-45-37-35-33-31-29-27-25-23-21-19-17-15-13-11-9-7-2/h8,10,14,16,20,22,26,28,32,34,38-39,41-42,44,46,50,52,56,58,63,65,71,73,78-79,83H,6-7,9,11-13,15,17-19,21,23-25,27,29-31,33,35-37,40,43,45,47-49,51,53-55,57,59-62,64,66-70,72,74-77H2,1-5H3,(H-,81,84,85,86)/b10-8-,16-14-,22-20-,28-26-,34-32-,39-38-,42-41-,46-44-,52-50-,58-56-,65-63+,73-71+. The Bertz CT molecular complexity index is 1960. The number of likely N-dealkylation sites (N-methyl/N-ethyl adjacent to an activating group) is 1. The van der Waals surface area contributed by atoms with Crippen molar-refractivity contribution in [3.05, 3.63) is 146 Å². The van der Waals surface area contributed by atoms with Crippen molar-refractivity contribution < 1.29 is 32.9 Å². The summed E-state index contributed by atoms with van der Waals surface area (Å²) in [5.41, 5.74) is 0. The minimum Gasteiger partial charge on any atom is -0.756 e. The van der Waals surface area contributed by atoms with E-state index in [9.17, 15) is 19.4 Å². The first-order valence-electron chi connectivity index (χ1n) is 36.7. The minimum atomic E-state index is -4.63. The van der Waals surface area contributed by atoms with Crippen LogP contribution in [0.4, 0.5) is 0 Å². The van der Waals surface area contributed by atoms with Crippen LogP contribution in [0, 0.1) is 0 Å². The maximum absolute atomic E-state index is 13.0. The average Bonchev–Trinajstić information content (AvgIpc) is 3.57. The zero-order valence-electron chi connectivity index (χ0n) is 58.3. The van der Waals surface area contributed by atoms with Gasteiger partial charge in [-0.05, 0) is 109 Å². The van der Waals surface area contributed by atoms with Gasteiger partial charge in [0.05, 0.1) is 39.9 Å². The third kappa shape index (κ3) is 71.7. The van der Waals surface area contributed by atoms with Crippen molar-refractivity contribution in [3.63, 3.8) is 0 Å². The number of rotatable bonds is 66. The molecule has 0 rings (SSSR count). The maximum Gasteiger partial charge on any atom is 0.268 e. The molecule has 0 saturated carbocycles. The highest BCUT2D eigenvalue weighted by Gasteiger charge is 2.23. The molecule has 0 aromatic carbocycles. The molecule has 3 atom stereocenters. The molecule has 0 saturated heterocycles. The quantitative estimate of drug-likeness (QED) is 0.0272. The lowest BCUT2D eigenvalue weighted by Gasteiger charge is -2.29. The van der Waals surface area contributed by atoms with E-state index in [1.807, 2.05) is 27.2 Å². The third-order valence-electron chi connectivity index (χ3n) is 15.8. The smallest absolute Gasteiger partial charge is 0.268 e. The van der Waals surface area contributed by atoms with Crippen LogP contribution in [0.3, 0.4) is 0 Å². The summed E-state index contributed by atoms with van der Waals surface area (Å²) in [4.78, 5) is 25.7. The Hall–Kier alpha value is -3.62. The fraction of sp³-hybridized carbons (Fsp3) is 0.688. The summed E-state index contributed by atoms with van der Waals surface area (Å²) < 4.78 is 23.4. The second kappa shape index (κ2) is 68.7. The predicted molar refractivity (Wildman–Crippen MR) is 389 cm³/mol. The van der Waals surface area contributed by atoms with Gasteiger partial charge < -0.3 is 28.8 Å². The number of aliphatic hydroxyl groups excluding tert-OH is 1. The van der Waals surface area contributed by atoms with E-state index in [4.69, 9.17) is 9.05 Å². The molecule has 0 aliphatic heterocycles. The molecule has 0 aliphatic carbocycles. The minimum absolute atomic E-state index is 0.0168. The van der Waals surface area contributed by atoms with Crippen molar-refractivity contribution in [3.8, 4) is 0 Å². The van der Waals surface area contributed by atoms with Gasteiger partial charge in [0.1, 0.15) is 13.2 Å². The number of phosphoric acid groups is 1. The molecule has 8 nitrogen and oxygen atoms in total. The van der Waals surface area contributed by atoms with Crippen LogP contribution in [0.15, 0.2) is 146 Å². The van der Waals surface area contributed by atoms with Crippen LogP contribution in [-0.4, -0.2) is 68.5 Å². The maximum atomic E-state index is 13.0. The molecule has 9 heteroatoms. The molecule has 0 radical (unpaired) electrons. The Balaban J connectivity index is 4.19. The molecule has 0 fully saturated rings. The van der Waals surface area contributed by atoms with Gasteiger partial charge in [-0.2, -0.15) is 0 Å². The zero-order chi connectivity index (χ0) is 64.8. The summed E-state index contributed by atoms with van der Waals surface area (Å²) in [6.07, 6.45) is 106. The number of quaternary nitrogens is 1. The predicted octanol–water partition coefficient (Wildman–Crippen LogP) is 23.3. The monoisotopic (exact) mass is 1260 g/mol. The van der Waals surface area contributed by atoms with Gasteiger partial charge in [0.15, 0.2) is 0 Å². The fourth-order valence-corrected chi connectivity index (χ4v) is 10.9. The van der Waals surface area contributed by atoms with Crippen molar-refractivity contribution in [2.75, 3.05) is 40.9 Å². The topological polar surface area (TPSA) is 108 Å². The van der Waals surface area contributed by atoms with E-state index in [0.29, 0.717) is 17.4 Å². The average molecular weight is 1260 g/mol. The lowest BCUT2D eigenvalue weighted by Crippen LogP contribution is -2.45. The highest BCUT2D eigenvalue weighted by molar-refractivity contribution is 7.45. The van der Waals surface area contributed by atoms with Crippen molar-refractivity contribution in [1.82, 2.24) is 5.32 Å². The van der Waals surface area contributed by atoms with E-state index in [2.05, 4.69) is 153 Å². The van der Waals surface area contributed by atoms with Crippen LogP contribution in [-0.2, 0) is 18.4 Å². The van der Waals surface area contributed by atoms with E-state index in [0.717, 1.165) is 128 Å². The van der Waals surface area contributed by atoms with Gasteiger partial charge in [-0.15, -0.1) is 0 Å². The van der Waals surface area contributed by atoms with Gasteiger partial charge in [-0.25, -0.2) is 0 Å². The SMILES string of the molecule is CC/C=C\C/C=C\C/C=C\C/C=C\C/C=C\C/C=C\C/C=C\C/C=C\C/C=C\C/C=C\CCCCCCCCC(=O)NC(COP(=O)([O-])OCC[N+](C)(C)C)C(O)/C=C/CC/C=C/CCCCCCCCCCCCCCCCCCCCCCCCCC. The second-order valence-corrected chi connectivity index (χ2v) is 27.0. The van der Waals surface area contributed by atoms with Crippen molar-refractivity contribution in [2.24, 2.45) is 0 Å². The first-order valence-corrected chi connectivity index (χ1v) is 38.2. The lowest BCUT2D eigenvalue weighted by molar-refractivity contribution is -0.870. The Kier molecular flexibility index (Phi) is 65.9. The van der Waals surface area contributed by atoms with Gasteiger partial charge in [0.25, 0.3) is 7.82 Å². The highest BCUT2D eigenvalue weighted by atomic mass is 31.2. The number of hydrogen-bond donors (Lipinski definition) is 2. The van der Waals surface area contributed by atoms with Crippen LogP contribution >= 0.6 is 7.82 Å². The van der Waals surface area contributed by atoms with Crippen molar-refractivity contribution in [1.29, 1.82) is 0 Å². The molecule has 0 bridgehead atoms. The lowest BCUT2D eigenvalue weighted by atomic mass is 10.0. The van der Waals surface area contributed by atoms with E-state index in [1.165, 1.54) is 154 Å². The molecule has 1 amide bonds. The summed E-state index contributed by atoms with van der Waals surface area (Å²) in [5.74, 6) is -0.225. The number of phosphoric ester groups is 1. The summed E-state index contributed by atoms with van der Waals surface area (Å²) in [5, 5.41) is 13.9. The molecule has 2 N–H and O–H groups in total. The molecule has 89 heavy (non-hydrogen) atoms. The summed E-state index contributed by atoms with van der Waals surface area (Å²) in [6.45, 7) is 4.52. The Morgan fingerprint density at radius 3 is 1.04 bits per heavy atom. The van der Waals surface area contributed by atoms with Gasteiger partial charge >= 0.3 is 0 Å². The fourth-order valence-electron chi connectivity index (χ4n) is 10.1. The number of allylic oxidation sites excluding steroid dienone is 23. The van der Waals surface area contributed by atoms with Gasteiger partial charge in [-0.1, -0.05) is 333 Å². The van der Waals surface area contributed by atoms with E-state index in [-0.39, 0.29) is 12.5 Å². The first kappa shape index (κ1) is 85.4. The number of carbonyl (C=O) groups excluding carboxylic acids is 1. The molecular formula is C80H139N2O6P. The van der Waals surface area contributed by atoms with Gasteiger partial charge in [-0.3, -0.25) is 9.36 Å². The Morgan fingerprint density at radius 2 is 0.697 bits per heavy atom. The van der Waals surface area contributed by atoms with Gasteiger partial charge in [0, 0.05) is 6.42 Å². The molecule has 0 aliphatic rings. The number of carbonyl (C=O) groups is 1. The Labute approximate surface area is 550 Å². The number of hydrogen-bond acceptors (Lipinski definition) is 6. The molecule has 0 aromatic heterocycles. The van der Waals surface area contributed by atoms with Crippen LogP contribution < -0.4 is 10.2 Å². The summed E-state index contributed by atoms with van der Waals surface area (Å²) >= 11 is 0. The van der Waals surface area contributed by atoms with Crippen molar-refractivity contribution >= 4 is 13.7 Å². The number of nitrogens with zero attached hydrogens (tertiary/aromatic N) is 1. The summed E-state index contributed by atoms with van der Waals surface area (Å²) in [7, 11) is 1.22. The van der Waals surface area contributed by atoms with E-state index >= 15 is 0 Å². The summed E-state index contributed by atoms with van der Waals surface area (Å²) in [6, 6.07) is -0.925. The van der Waals surface area contributed by atoms with Crippen LogP contribution in [0.25, 0.3) is 0 Å². The molecule has 3 unspecified atom stereocenters. The number of nitrogens with one attached hydrogen (secondary N) is 1. The molecule has 510 valence electrons. The second-order valence-electron chi connectivity index (χ2n) is 25.6. The van der Waals surface area contributed by atoms with Crippen molar-refractivity contribution in [2.45, 2.75) is 315 Å². The van der Waals surface area contributed by atoms with E-state index in [1.54, 1.807) is 6.08 Å². The van der Waals surface area contributed by atoms with Crippen LogP contribution in [0.1, 0.15) is 303 Å². The number of amides is 1. The first-order chi connectivity index (χ1) is 43.5. The molecule has 0 spiro atoms. The molecule has 0 heterocycles. The number of aliphatic hydroxyl groups is 1.